The second-order valence-electron chi connectivity index (χ2n) is 6.97. The maximum absolute atomic E-state index is 12.4. The zero-order valence-corrected chi connectivity index (χ0v) is 16.1. The van der Waals surface area contributed by atoms with Crippen LogP contribution in [0.15, 0.2) is 66.7 Å². The topological polar surface area (TPSA) is 67.9 Å². The second-order valence-corrected chi connectivity index (χ2v) is 6.97. The lowest BCUT2D eigenvalue weighted by Crippen LogP contribution is -2.39. The van der Waals surface area contributed by atoms with Crippen LogP contribution in [-0.2, 0) is 9.59 Å². The van der Waals surface area contributed by atoms with Gasteiger partial charge in [-0.2, -0.15) is 0 Å². The minimum absolute atomic E-state index is 0.0287. The van der Waals surface area contributed by atoms with Crippen LogP contribution in [-0.4, -0.2) is 38.1 Å². The molecule has 1 aliphatic heterocycles. The summed E-state index contributed by atoms with van der Waals surface area (Å²) in [5, 5.41) is 5.06. The molecule has 4 rings (SSSR count). The number of nitrogens with one attached hydrogen (secondary N) is 1. The fraction of sp³-hybridized carbons (Fsp3) is 0.217. The molecule has 3 aromatic carbocycles. The molecule has 1 atom stereocenters. The summed E-state index contributed by atoms with van der Waals surface area (Å²) in [5.41, 5.74) is 0.763. The predicted molar refractivity (Wildman–Crippen MR) is 111 cm³/mol. The van der Waals surface area contributed by atoms with Gasteiger partial charge in [-0.3, -0.25) is 9.59 Å². The summed E-state index contributed by atoms with van der Waals surface area (Å²) in [6.45, 7) is 0.329. The van der Waals surface area contributed by atoms with Gasteiger partial charge >= 0.3 is 0 Å². The molecular weight excluding hydrogens is 368 g/mol. The average molecular weight is 390 g/mol. The Hall–Kier alpha value is -3.54. The molecule has 1 fully saturated rings. The van der Waals surface area contributed by atoms with E-state index >= 15 is 0 Å². The standard InChI is InChI=1S/C23H22N2O4/c1-28-20-8-4-7-19(13-20)25-14-18(12-23(25)27)24-22(26)15-29-21-10-9-16-5-2-3-6-17(16)11-21/h2-11,13,18H,12,14-15H2,1H3,(H,24,26)/t18-/m1/s1. The van der Waals surface area contributed by atoms with E-state index in [4.69, 9.17) is 9.47 Å². The number of carbonyl (C=O) groups is 2. The van der Waals surface area contributed by atoms with Gasteiger partial charge in [0.25, 0.3) is 5.91 Å². The fourth-order valence-electron chi connectivity index (χ4n) is 3.51. The van der Waals surface area contributed by atoms with E-state index in [1.165, 1.54) is 0 Å². The Bertz CT molecular complexity index is 1050. The summed E-state index contributed by atoms with van der Waals surface area (Å²) < 4.78 is 10.8. The number of nitrogens with zero attached hydrogens (tertiary/aromatic N) is 1. The van der Waals surface area contributed by atoms with Crippen molar-refractivity contribution >= 4 is 28.3 Å². The minimum Gasteiger partial charge on any atom is -0.497 e. The molecule has 1 heterocycles. The largest absolute Gasteiger partial charge is 0.497 e. The Morgan fingerprint density at radius 1 is 1.03 bits per heavy atom. The first kappa shape index (κ1) is 18.8. The number of rotatable bonds is 6. The molecule has 0 unspecified atom stereocenters. The van der Waals surface area contributed by atoms with E-state index < -0.39 is 0 Å². The van der Waals surface area contributed by atoms with Crippen molar-refractivity contribution < 1.29 is 19.1 Å². The molecule has 29 heavy (non-hydrogen) atoms. The lowest BCUT2D eigenvalue weighted by atomic mass is 10.1. The van der Waals surface area contributed by atoms with Crippen molar-refractivity contribution in [2.75, 3.05) is 25.2 Å². The third-order valence-corrected chi connectivity index (χ3v) is 4.95. The van der Waals surface area contributed by atoms with Crippen molar-refractivity contribution in [1.82, 2.24) is 5.32 Å². The summed E-state index contributed by atoms with van der Waals surface area (Å²) in [5.74, 6) is 1.05. The molecule has 148 valence electrons. The Morgan fingerprint density at radius 3 is 2.69 bits per heavy atom. The molecule has 0 bridgehead atoms. The van der Waals surface area contributed by atoms with E-state index in [0.29, 0.717) is 18.0 Å². The molecule has 0 spiro atoms. The number of hydrogen-bond acceptors (Lipinski definition) is 4. The summed E-state index contributed by atoms with van der Waals surface area (Å²) in [6.07, 6.45) is 0.263. The Kier molecular flexibility index (Phi) is 5.33. The summed E-state index contributed by atoms with van der Waals surface area (Å²) in [7, 11) is 1.59. The second kappa shape index (κ2) is 8.22. The summed E-state index contributed by atoms with van der Waals surface area (Å²) >= 11 is 0. The quantitative estimate of drug-likeness (QED) is 0.702. The van der Waals surface area contributed by atoms with Gasteiger partial charge in [0.15, 0.2) is 6.61 Å². The molecule has 0 aliphatic carbocycles. The van der Waals surface area contributed by atoms with Crippen molar-refractivity contribution in [1.29, 1.82) is 0 Å². The van der Waals surface area contributed by atoms with Crippen LogP contribution < -0.4 is 19.7 Å². The van der Waals surface area contributed by atoms with Gasteiger partial charge in [0.05, 0.1) is 13.2 Å². The fourth-order valence-corrected chi connectivity index (χ4v) is 3.51. The molecule has 0 aromatic heterocycles. The Morgan fingerprint density at radius 2 is 1.86 bits per heavy atom. The minimum atomic E-state index is -0.249. The highest BCUT2D eigenvalue weighted by molar-refractivity contribution is 5.97. The van der Waals surface area contributed by atoms with Gasteiger partial charge in [-0.15, -0.1) is 0 Å². The third kappa shape index (κ3) is 4.32. The van der Waals surface area contributed by atoms with Crippen molar-refractivity contribution in [2.45, 2.75) is 12.5 Å². The number of amides is 2. The number of methoxy groups -OCH3 is 1. The highest BCUT2D eigenvalue weighted by Gasteiger charge is 2.31. The smallest absolute Gasteiger partial charge is 0.258 e. The van der Waals surface area contributed by atoms with Crippen LogP contribution in [0.1, 0.15) is 6.42 Å². The molecule has 1 saturated heterocycles. The molecule has 6 heteroatoms. The average Bonchev–Trinajstić information content (AvgIpc) is 3.12. The molecule has 0 radical (unpaired) electrons. The third-order valence-electron chi connectivity index (χ3n) is 4.95. The molecule has 2 amide bonds. The maximum atomic E-state index is 12.4. The number of anilines is 1. The maximum Gasteiger partial charge on any atom is 0.258 e. The van der Waals surface area contributed by atoms with Crippen molar-refractivity contribution in [3.63, 3.8) is 0 Å². The zero-order valence-electron chi connectivity index (χ0n) is 16.1. The molecule has 1 aliphatic rings. The molecule has 6 nitrogen and oxygen atoms in total. The number of hydrogen-bond donors (Lipinski definition) is 1. The van der Waals surface area contributed by atoms with Crippen LogP contribution in [0.5, 0.6) is 11.5 Å². The normalized spacial score (nSPS) is 16.1. The van der Waals surface area contributed by atoms with E-state index in [1.54, 1.807) is 12.0 Å². The first-order chi connectivity index (χ1) is 14.1. The SMILES string of the molecule is COc1cccc(N2C[C@H](NC(=O)COc3ccc4ccccc4c3)CC2=O)c1. The van der Waals surface area contributed by atoms with Crippen LogP contribution in [0.25, 0.3) is 10.8 Å². The highest BCUT2D eigenvalue weighted by Crippen LogP contribution is 2.25. The molecule has 0 saturated carbocycles. The van der Waals surface area contributed by atoms with Crippen LogP contribution in [0.4, 0.5) is 5.69 Å². The number of benzene rings is 3. The van der Waals surface area contributed by atoms with Crippen LogP contribution in [0, 0.1) is 0 Å². The summed E-state index contributed by atoms with van der Waals surface area (Å²) in [4.78, 5) is 26.3. The predicted octanol–water partition coefficient (Wildman–Crippen LogP) is 3.15. The number of carbonyl (C=O) groups excluding carboxylic acids is 2. The summed E-state index contributed by atoms with van der Waals surface area (Å²) in [6, 6.07) is 20.8. The van der Waals surface area contributed by atoms with Crippen molar-refractivity contribution in [2.24, 2.45) is 0 Å². The first-order valence-electron chi connectivity index (χ1n) is 9.48. The monoisotopic (exact) mass is 390 g/mol. The van der Waals surface area contributed by atoms with Gasteiger partial charge < -0.3 is 19.7 Å². The number of ether oxygens (including phenoxy) is 2. The Balaban J connectivity index is 1.33. The van der Waals surface area contributed by atoms with E-state index in [-0.39, 0.29) is 30.9 Å². The van der Waals surface area contributed by atoms with Crippen LogP contribution >= 0.6 is 0 Å². The van der Waals surface area contributed by atoms with Gasteiger partial charge in [-0.1, -0.05) is 36.4 Å². The first-order valence-corrected chi connectivity index (χ1v) is 9.48. The molecule has 1 N–H and O–H groups in total. The van der Waals surface area contributed by atoms with Crippen molar-refractivity contribution in [3.8, 4) is 11.5 Å². The van der Waals surface area contributed by atoms with Crippen LogP contribution in [0.2, 0.25) is 0 Å². The Labute approximate surface area is 169 Å². The van der Waals surface area contributed by atoms with Gasteiger partial charge in [0.2, 0.25) is 5.91 Å². The highest BCUT2D eigenvalue weighted by atomic mass is 16.5. The van der Waals surface area contributed by atoms with Gasteiger partial charge in [-0.25, -0.2) is 0 Å². The van der Waals surface area contributed by atoms with E-state index in [0.717, 1.165) is 16.5 Å². The lowest BCUT2D eigenvalue weighted by Gasteiger charge is -2.18. The zero-order chi connectivity index (χ0) is 20.2. The molecular formula is C23H22N2O4. The lowest BCUT2D eigenvalue weighted by molar-refractivity contribution is -0.123. The van der Waals surface area contributed by atoms with Gasteiger partial charge in [0, 0.05) is 24.7 Å². The van der Waals surface area contributed by atoms with Gasteiger partial charge in [-0.05, 0) is 35.0 Å². The van der Waals surface area contributed by atoms with E-state index in [2.05, 4.69) is 5.32 Å². The van der Waals surface area contributed by atoms with Crippen LogP contribution in [0.3, 0.4) is 0 Å². The number of fused-ring (bicyclic) bond motifs is 1. The van der Waals surface area contributed by atoms with Gasteiger partial charge in [0.1, 0.15) is 11.5 Å². The molecule has 3 aromatic rings. The van der Waals surface area contributed by atoms with Crippen molar-refractivity contribution in [3.05, 3.63) is 66.7 Å². The van der Waals surface area contributed by atoms with E-state index in [9.17, 15) is 9.59 Å². The van der Waals surface area contributed by atoms with E-state index in [1.807, 2.05) is 66.7 Å².